The molecule has 0 spiro atoms. The second-order valence-electron chi connectivity index (χ2n) is 3.46. The summed E-state index contributed by atoms with van der Waals surface area (Å²) in [6.07, 6.45) is 0.181. The van der Waals surface area contributed by atoms with Crippen LogP contribution >= 0.6 is 0 Å². The van der Waals surface area contributed by atoms with Gasteiger partial charge >= 0.3 is 0 Å². The number of Topliss-reactive ketones (excluding diaryl/α,β-unsaturated/α-hetero) is 1. The van der Waals surface area contributed by atoms with Crippen molar-refractivity contribution in [3.63, 3.8) is 0 Å². The van der Waals surface area contributed by atoms with E-state index in [2.05, 4.69) is 0 Å². The van der Waals surface area contributed by atoms with E-state index < -0.39 is 6.10 Å². The molecular weight excluding hydrogens is 195 g/mol. The Morgan fingerprint density at radius 3 is 2.67 bits per heavy atom. The molecule has 0 aromatic heterocycles. The van der Waals surface area contributed by atoms with Crippen molar-refractivity contribution in [2.45, 2.75) is 26.4 Å². The third kappa shape index (κ3) is 2.63. The normalized spacial score (nSPS) is 12.5. The second-order valence-corrected chi connectivity index (χ2v) is 3.46. The first-order chi connectivity index (χ1) is 7.10. The van der Waals surface area contributed by atoms with Crippen LogP contribution < -0.4 is 0 Å². The van der Waals surface area contributed by atoms with Crippen molar-refractivity contribution in [2.75, 3.05) is 7.11 Å². The van der Waals surface area contributed by atoms with Gasteiger partial charge in [0.25, 0.3) is 0 Å². The topological polar surface area (TPSA) is 26.3 Å². The van der Waals surface area contributed by atoms with E-state index in [0.717, 1.165) is 0 Å². The number of ether oxygens (including phenoxy) is 1. The lowest BCUT2D eigenvalue weighted by Crippen LogP contribution is -2.22. The minimum Gasteiger partial charge on any atom is -0.373 e. The van der Waals surface area contributed by atoms with Crippen molar-refractivity contribution in [2.24, 2.45) is 0 Å². The highest BCUT2D eigenvalue weighted by molar-refractivity contribution is 6.00. The Morgan fingerprint density at radius 2 is 2.20 bits per heavy atom. The Labute approximate surface area is 89.1 Å². The van der Waals surface area contributed by atoms with Crippen LogP contribution in [0.3, 0.4) is 0 Å². The van der Waals surface area contributed by atoms with Gasteiger partial charge in [0.05, 0.1) is 0 Å². The monoisotopic (exact) mass is 210 g/mol. The average Bonchev–Trinajstić information content (AvgIpc) is 2.19. The van der Waals surface area contributed by atoms with E-state index in [-0.39, 0.29) is 11.6 Å². The van der Waals surface area contributed by atoms with Gasteiger partial charge in [0.1, 0.15) is 11.9 Å². The van der Waals surface area contributed by atoms with Crippen LogP contribution in [0.5, 0.6) is 0 Å². The first-order valence-electron chi connectivity index (χ1n) is 4.93. The Morgan fingerprint density at radius 1 is 1.53 bits per heavy atom. The molecule has 0 aliphatic rings. The number of ketones is 1. The number of methoxy groups -OCH3 is 1. The van der Waals surface area contributed by atoms with Gasteiger partial charge in [0.15, 0.2) is 5.78 Å². The number of hydrogen-bond donors (Lipinski definition) is 0. The molecule has 1 aromatic carbocycles. The quantitative estimate of drug-likeness (QED) is 0.714. The summed E-state index contributed by atoms with van der Waals surface area (Å²) < 4.78 is 17.9. The molecule has 2 nitrogen and oxygen atoms in total. The summed E-state index contributed by atoms with van der Waals surface area (Å²) in [5.74, 6) is -0.410. The third-order valence-electron chi connectivity index (χ3n) is 2.40. The van der Waals surface area contributed by atoms with E-state index in [4.69, 9.17) is 4.74 Å². The van der Waals surface area contributed by atoms with Crippen LogP contribution in [0.15, 0.2) is 18.2 Å². The first-order valence-corrected chi connectivity index (χ1v) is 4.93. The van der Waals surface area contributed by atoms with Crippen molar-refractivity contribution < 1.29 is 13.9 Å². The smallest absolute Gasteiger partial charge is 0.191 e. The average molecular weight is 210 g/mol. The Kier molecular flexibility index (Phi) is 3.97. The van der Waals surface area contributed by atoms with Gasteiger partial charge in [-0.05, 0) is 37.1 Å². The maximum Gasteiger partial charge on any atom is 0.191 e. The molecule has 0 saturated carbocycles. The molecule has 1 rings (SSSR count). The Balaban J connectivity index is 3.00. The maximum absolute atomic E-state index is 12.8. The molecule has 0 aliphatic heterocycles. The van der Waals surface area contributed by atoms with Gasteiger partial charge in [0.2, 0.25) is 0 Å². The van der Waals surface area contributed by atoms with Gasteiger partial charge in [-0.15, -0.1) is 0 Å². The number of halogens is 1. The molecule has 15 heavy (non-hydrogen) atoms. The molecule has 0 bridgehead atoms. The van der Waals surface area contributed by atoms with Crippen molar-refractivity contribution in [1.82, 2.24) is 0 Å². The predicted octanol–water partition coefficient (Wildman–Crippen LogP) is 2.74. The zero-order valence-electron chi connectivity index (χ0n) is 9.21. The first kappa shape index (κ1) is 11.9. The minimum absolute atomic E-state index is 0.0856. The van der Waals surface area contributed by atoms with E-state index in [0.29, 0.717) is 17.5 Å². The molecular formula is C12H15FO2. The summed E-state index contributed by atoms with van der Waals surface area (Å²) in [5, 5.41) is 0. The minimum atomic E-state index is -0.436. The number of rotatable bonds is 4. The molecule has 0 heterocycles. The zero-order valence-corrected chi connectivity index (χ0v) is 9.21. The van der Waals surface area contributed by atoms with Gasteiger partial charge in [-0.25, -0.2) is 4.39 Å². The summed E-state index contributed by atoms with van der Waals surface area (Å²) in [6, 6.07) is 4.16. The molecule has 0 saturated heterocycles. The standard InChI is InChI=1S/C12H15FO2/c1-4-11(15-3)12(14)10-6-5-9(13)7-8(10)2/h5-7,11H,4H2,1-3H3. The number of carbonyl (C=O) groups is 1. The number of carbonyl (C=O) groups excluding carboxylic acids is 1. The van der Waals surface area contributed by atoms with Crippen LogP contribution in [0.25, 0.3) is 0 Å². The predicted molar refractivity (Wildman–Crippen MR) is 56.6 cm³/mol. The SMILES string of the molecule is CCC(OC)C(=O)c1ccc(F)cc1C. The molecule has 0 radical (unpaired) electrons. The fourth-order valence-electron chi connectivity index (χ4n) is 1.54. The molecule has 0 fully saturated rings. The summed E-state index contributed by atoms with van der Waals surface area (Å²) in [6.45, 7) is 3.60. The van der Waals surface area contributed by atoms with Crippen LogP contribution in [0, 0.1) is 12.7 Å². The second kappa shape index (κ2) is 5.03. The van der Waals surface area contributed by atoms with E-state index in [1.807, 2.05) is 6.92 Å². The van der Waals surface area contributed by atoms with Gasteiger partial charge in [-0.3, -0.25) is 4.79 Å². The lowest BCUT2D eigenvalue weighted by atomic mass is 10.00. The van der Waals surface area contributed by atoms with Crippen LogP contribution in [-0.4, -0.2) is 19.0 Å². The maximum atomic E-state index is 12.8. The number of hydrogen-bond acceptors (Lipinski definition) is 2. The Hall–Kier alpha value is -1.22. The molecule has 0 amide bonds. The molecule has 1 atom stereocenters. The summed E-state index contributed by atoms with van der Waals surface area (Å²) >= 11 is 0. The fraction of sp³-hybridized carbons (Fsp3) is 0.417. The molecule has 0 aliphatic carbocycles. The number of benzene rings is 1. The van der Waals surface area contributed by atoms with Crippen molar-refractivity contribution in [3.8, 4) is 0 Å². The summed E-state index contributed by atoms with van der Waals surface area (Å²) in [5.41, 5.74) is 1.18. The van der Waals surface area contributed by atoms with Gasteiger partial charge in [0, 0.05) is 12.7 Å². The van der Waals surface area contributed by atoms with Crippen LogP contribution in [0.2, 0.25) is 0 Å². The fourth-order valence-corrected chi connectivity index (χ4v) is 1.54. The molecule has 1 unspecified atom stereocenters. The highest BCUT2D eigenvalue weighted by Gasteiger charge is 2.19. The lowest BCUT2D eigenvalue weighted by molar-refractivity contribution is 0.0595. The molecule has 1 aromatic rings. The number of aryl methyl sites for hydroxylation is 1. The van der Waals surface area contributed by atoms with Crippen molar-refractivity contribution in [3.05, 3.63) is 35.1 Å². The van der Waals surface area contributed by atoms with E-state index in [9.17, 15) is 9.18 Å². The van der Waals surface area contributed by atoms with Gasteiger partial charge in [-0.2, -0.15) is 0 Å². The Bertz CT molecular complexity index is 357. The van der Waals surface area contributed by atoms with E-state index >= 15 is 0 Å². The van der Waals surface area contributed by atoms with Gasteiger partial charge in [-0.1, -0.05) is 6.92 Å². The molecule has 82 valence electrons. The van der Waals surface area contributed by atoms with Gasteiger partial charge < -0.3 is 4.74 Å². The third-order valence-corrected chi connectivity index (χ3v) is 2.40. The largest absolute Gasteiger partial charge is 0.373 e. The lowest BCUT2D eigenvalue weighted by Gasteiger charge is -2.13. The van der Waals surface area contributed by atoms with Crippen LogP contribution in [0.4, 0.5) is 4.39 Å². The summed E-state index contributed by atoms with van der Waals surface area (Å²) in [4.78, 5) is 11.9. The van der Waals surface area contributed by atoms with E-state index in [1.54, 1.807) is 6.92 Å². The van der Waals surface area contributed by atoms with Crippen molar-refractivity contribution >= 4 is 5.78 Å². The molecule has 3 heteroatoms. The molecule has 0 N–H and O–H groups in total. The highest BCUT2D eigenvalue weighted by atomic mass is 19.1. The summed E-state index contributed by atoms with van der Waals surface area (Å²) in [7, 11) is 1.50. The highest BCUT2D eigenvalue weighted by Crippen LogP contribution is 2.14. The van der Waals surface area contributed by atoms with Crippen LogP contribution in [-0.2, 0) is 4.74 Å². The van der Waals surface area contributed by atoms with Crippen LogP contribution in [0.1, 0.15) is 29.3 Å². The van der Waals surface area contributed by atoms with Crippen molar-refractivity contribution in [1.29, 1.82) is 0 Å². The van der Waals surface area contributed by atoms with E-state index in [1.165, 1.54) is 25.3 Å². The zero-order chi connectivity index (χ0) is 11.4.